The van der Waals surface area contributed by atoms with Crippen LogP contribution in [0.3, 0.4) is 0 Å². The first-order valence-electron chi connectivity index (χ1n) is 3.53. The van der Waals surface area contributed by atoms with E-state index in [2.05, 4.69) is 17.9 Å². The van der Waals surface area contributed by atoms with E-state index in [0.717, 1.165) is 5.56 Å². The molecule has 4 heteroatoms. The molecule has 0 heterocycles. The first kappa shape index (κ1) is 9.19. The van der Waals surface area contributed by atoms with Gasteiger partial charge >= 0.3 is 0 Å². The van der Waals surface area contributed by atoms with Gasteiger partial charge in [-0.3, -0.25) is 0 Å². The summed E-state index contributed by atoms with van der Waals surface area (Å²) in [5, 5.41) is 2.70. The normalized spacial score (nSPS) is 10.0. The summed E-state index contributed by atoms with van der Waals surface area (Å²) < 4.78 is 13.1. The topological polar surface area (TPSA) is 38.0 Å². The van der Waals surface area contributed by atoms with Crippen LogP contribution in [-0.4, -0.2) is 7.05 Å². The first-order valence-corrected chi connectivity index (χ1v) is 3.98. The Morgan fingerprint density at radius 1 is 1.58 bits per heavy atom. The van der Waals surface area contributed by atoms with Crippen LogP contribution in [0.1, 0.15) is 5.56 Å². The van der Waals surface area contributed by atoms with Crippen molar-refractivity contribution < 1.29 is 4.39 Å². The van der Waals surface area contributed by atoms with Crippen molar-refractivity contribution in [3.8, 4) is 0 Å². The molecule has 66 valence electrons. The van der Waals surface area contributed by atoms with Gasteiger partial charge in [-0.2, -0.15) is 0 Å². The summed E-state index contributed by atoms with van der Waals surface area (Å²) in [6.45, 7) is 1.80. The second-order valence-electron chi connectivity index (χ2n) is 2.54. The van der Waals surface area contributed by atoms with Gasteiger partial charge in [-0.15, -0.1) is 12.6 Å². The third kappa shape index (κ3) is 1.34. The van der Waals surface area contributed by atoms with E-state index < -0.39 is 0 Å². The fourth-order valence-electron chi connectivity index (χ4n) is 1.01. The lowest BCUT2D eigenvalue weighted by Crippen LogP contribution is -2.01. The van der Waals surface area contributed by atoms with Gasteiger partial charge in [0.25, 0.3) is 0 Å². The van der Waals surface area contributed by atoms with E-state index in [4.69, 9.17) is 5.73 Å². The lowest BCUT2D eigenvalue weighted by atomic mass is 10.1. The summed E-state index contributed by atoms with van der Waals surface area (Å²) in [6, 6.07) is 1.35. The second kappa shape index (κ2) is 3.23. The molecule has 0 bridgehead atoms. The van der Waals surface area contributed by atoms with Crippen LogP contribution in [0.15, 0.2) is 11.0 Å². The molecular weight excluding hydrogens is 175 g/mol. The van der Waals surface area contributed by atoms with Gasteiger partial charge in [0, 0.05) is 11.9 Å². The van der Waals surface area contributed by atoms with Crippen LogP contribution in [0.5, 0.6) is 0 Å². The minimum Gasteiger partial charge on any atom is -0.397 e. The Bertz CT molecular complexity index is 312. The SMILES string of the molecule is CNc1c(F)cc(S)c(C)c1N. The number of hydrogen-bond acceptors (Lipinski definition) is 3. The lowest BCUT2D eigenvalue weighted by molar-refractivity contribution is 0.628. The number of nitrogen functional groups attached to an aromatic ring is 1. The number of rotatable bonds is 1. The van der Waals surface area contributed by atoms with Gasteiger partial charge < -0.3 is 11.1 Å². The Balaban J connectivity index is 3.40. The Hall–Kier alpha value is -0.900. The fraction of sp³-hybridized carbons (Fsp3) is 0.250. The smallest absolute Gasteiger partial charge is 0.149 e. The monoisotopic (exact) mass is 186 g/mol. The van der Waals surface area contributed by atoms with Crippen LogP contribution in [0.25, 0.3) is 0 Å². The maximum absolute atomic E-state index is 13.1. The van der Waals surface area contributed by atoms with E-state index in [1.165, 1.54) is 6.07 Å². The third-order valence-electron chi connectivity index (χ3n) is 1.81. The van der Waals surface area contributed by atoms with Gasteiger partial charge in [-0.1, -0.05) is 0 Å². The number of nitrogens with one attached hydrogen (secondary N) is 1. The van der Waals surface area contributed by atoms with Crippen molar-refractivity contribution >= 4 is 24.0 Å². The van der Waals surface area contributed by atoms with Gasteiger partial charge in [-0.25, -0.2) is 4.39 Å². The van der Waals surface area contributed by atoms with Crippen LogP contribution in [0.4, 0.5) is 15.8 Å². The Labute approximate surface area is 76.4 Å². The van der Waals surface area contributed by atoms with Crippen molar-refractivity contribution in [3.05, 3.63) is 17.4 Å². The summed E-state index contributed by atoms with van der Waals surface area (Å²) in [6.07, 6.45) is 0. The molecule has 0 unspecified atom stereocenters. The van der Waals surface area contributed by atoms with E-state index in [9.17, 15) is 4.39 Å². The lowest BCUT2D eigenvalue weighted by Gasteiger charge is -2.10. The molecule has 3 N–H and O–H groups in total. The zero-order chi connectivity index (χ0) is 9.30. The average molecular weight is 186 g/mol. The number of hydrogen-bond donors (Lipinski definition) is 3. The van der Waals surface area contributed by atoms with E-state index in [-0.39, 0.29) is 5.82 Å². The van der Waals surface area contributed by atoms with Crippen LogP contribution in [0, 0.1) is 12.7 Å². The molecule has 0 saturated carbocycles. The third-order valence-corrected chi connectivity index (χ3v) is 2.27. The minimum absolute atomic E-state index is 0.338. The van der Waals surface area contributed by atoms with Crippen molar-refractivity contribution in [2.24, 2.45) is 0 Å². The van der Waals surface area contributed by atoms with E-state index in [0.29, 0.717) is 16.3 Å². The van der Waals surface area contributed by atoms with Gasteiger partial charge in [0.05, 0.1) is 11.4 Å². The molecule has 0 amide bonds. The molecule has 0 radical (unpaired) electrons. The molecular formula is C8H11FN2S. The highest BCUT2D eigenvalue weighted by molar-refractivity contribution is 7.80. The predicted molar refractivity (Wildman–Crippen MR) is 52.3 cm³/mol. The molecule has 0 saturated heterocycles. The zero-order valence-corrected chi connectivity index (χ0v) is 7.87. The highest BCUT2D eigenvalue weighted by Crippen LogP contribution is 2.30. The molecule has 0 aliphatic rings. The van der Waals surface area contributed by atoms with Gasteiger partial charge in [-0.05, 0) is 18.6 Å². The molecule has 1 aromatic rings. The van der Waals surface area contributed by atoms with E-state index >= 15 is 0 Å². The Morgan fingerprint density at radius 2 is 2.17 bits per heavy atom. The second-order valence-corrected chi connectivity index (χ2v) is 3.02. The van der Waals surface area contributed by atoms with Crippen LogP contribution in [-0.2, 0) is 0 Å². The van der Waals surface area contributed by atoms with Crippen molar-refractivity contribution in [3.63, 3.8) is 0 Å². The molecule has 1 rings (SSSR count). The summed E-state index contributed by atoms with van der Waals surface area (Å²) in [5.41, 5.74) is 7.20. The van der Waals surface area contributed by atoms with Gasteiger partial charge in [0.15, 0.2) is 0 Å². The molecule has 0 spiro atoms. The van der Waals surface area contributed by atoms with Crippen molar-refractivity contribution in [1.82, 2.24) is 0 Å². The van der Waals surface area contributed by atoms with Crippen LogP contribution >= 0.6 is 12.6 Å². The maximum Gasteiger partial charge on any atom is 0.149 e. The largest absolute Gasteiger partial charge is 0.397 e. The summed E-state index contributed by atoms with van der Waals surface area (Å²) in [4.78, 5) is 0.573. The molecule has 2 nitrogen and oxygen atoms in total. The molecule has 0 aliphatic heterocycles. The maximum atomic E-state index is 13.1. The minimum atomic E-state index is -0.370. The van der Waals surface area contributed by atoms with E-state index in [1.807, 2.05) is 0 Å². The Morgan fingerprint density at radius 3 is 2.67 bits per heavy atom. The Kier molecular flexibility index (Phi) is 2.47. The van der Waals surface area contributed by atoms with Crippen LogP contribution in [0.2, 0.25) is 0 Å². The number of anilines is 2. The van der Waals surface area contributed by atoms with Gasteiger partial charge in [0.2, 0.25) is 0 Å². The van der Waals surface area contributed by atoms with E-state index in [1.54, 1.807) is 14.0 Å². The number of thiol groups is 1. The molecule has 0 aromatic heterocycles. The van der Waals surface area contributed by atoms with Crippen molar-refractivity contribution in [2.45, 2.75) is 11.8 Å². The number of halogens is 1. The summed E-state index contributed by atoms with van der Waals surface area (Å²) in [5.74, 6) is -0.370. The standard InChI is InChI=1S/C8H11FN2S/c1-4-6(12)3-5(9)8(11-2)7(4)10/h3,11-12H,10H2,1-2H3. The molecule has 0 aliphatic carbocycles. The average Bonchev–Trinajstić information content (AvgIpc) is 2.01. The summed E-state index contributed by atoms with van der Waals surface area (Å²) in [7, 11) is 1.63. The molecule has 0 fully saturated rings. The number of benzene rings is 1. The van der Waals surface area contributed by atoms with Crippen molar-refractivity contribution in [2.75, 3.05) is 18.1 Å². The van der Waals surface area contributed by atoms with Gasteiger partial charge in [0.1, 0.15) is 5.82 Å². The predicted octanol–water partition coefficient (Wildman–Crippen LogP) is 2.05. The fourth-order valence-corrected chi connectivity index (χ4v) is 1.24. The number of nitrogens with two attached hydrogens (primary N) is 1. The molecule has 12 heavy (non-hydrogen) atoms. The summed E-state index contributed by atoms with van der Waals surface area (Å²) >= 11 is 4.08. The molecule has 1 aromatic carbocycles. The first-order chi connectivity index (χ1) is 5.57. The quantitative estimate of drug-likeness (QED) is 0.464. The van der Waals surface area contributed by atoms with Crippen LogP contribution < -0.4 is 11.1 Å². The highest BCUT2D eigenvalue weighted by Gasteiger charge is 2.09. The van der Waals surface area contributed by atoms with Crippen molar-refractivity contribution in [1.29, 1.82) is 0 Å². The highest BCUT2D eigenvalue weighted by atomic mass is 32.1. The zero-order valence-electron chi connectivity index (χ0n) is 6.98. The molecule has 0 atom stereocenters.